The lowest BCUT2D eigenvalue weighted by molar-refractivity contribution is -0.134. The van der Waals surface area contributed by atoms with Gasteiger partial charge < -0.3 is 10.6 Å². The highest BCUT2D eigenvalue weighted by Gasteiger charge is 2.31. The average molecular weight is 356 g/mol. The van der Waals surface area contributed by atoms with Gasteiger partial charge in [0.1, 0.15) is 5.82 Å². The fraction of sp³-hybridized carbons (Fsp3) is 0.529. The molecule has 0 unspecified atom stereocenters. The Balaban J connectivity index is 2.03. The summed E-state index contributed by atoms with van der Waals surface area (Å²) in [4.78, 5) is 26.1. The molecular weight excluding hydrogens is 333 g/mol. The van der Waals surface area contributed by atoms with E-state index in [1.807, 2.05) is 18.7 Å². The second kappa shape index (κ2) is 8.44. The van der Waals surface area contributed by atoms with E-state index in [9.17, 15) is 14.0 Å². The van der Waals surface area contributed by atoms with Crippen molar-refractivity contribution in [3.05, 3.63) is 34.6 Å². The lowest BCUT2D eigenvalue weighted by Gasteiger charge is -2.34. The van der Waals surface area contributed by atoms with Gasteiger partial charge in [0.15, 0.2) is 0 Å². The van der Waals surface area contributed by atoms with Gasteiger partial charge in [-0.05, 0) is 23.6 Å². The van der Waals surface area contributed by atoms with Crippen molar-refractivity contribution in [1.29, 1.82) is 0 Å². The van der Waals surface area contributed by atoms with Crippen LogP contribution in [0.3, 0.4) is 0 Å². The summed E-state index contributed by atoms with van der Waals surface area (Å²) in [6, 6.07) is 4.05. The number of amides is 2. The summed E-state index contributed by atoms with van der Waals surface area (Å²) in [7, 11) is 0. The van der Waals surface area contributed by atoms with Gasteiger partial charge in [0.05, 0.1) is 17.5 Å². The summed E-state index contributed by atoms with van der Waals surface area (Å²) in [6.45, 7) is 6.11. The molecule has 24 heavy (non-hydrogen) atoms. The van der Waals surface area contributed by atoms with Crippen LogP contribution >= 0.6 is 11.6 Å². The third-order valence-corrected chi connectivity index (χ3v) is 4.20. The Morgan fingerprint density at radius 2 is 2.25 bits per heavy atom. The minimum absolute atomic E-state index is 0.0692. The zero-order chi connectivity index (χ0) is 17.7. The van der Waals surface area contributed by atoms with Crippen molar-refractivity contribution in [1.82, 2.24) is 15.5 Å². The quantitative estimate of drug-likeness (QED) is 0.819. The number of carbonyl (C=O) groups is 2. The summed E-state index contributed by atoms with van der Waals surface area (Å²) in [5.41, 5.74) is 0.721. The summed E-state index contributed by atoms with van der Waals surface area (Å²) < 4.78 is 13.6. The minimum atomic E-state index is -0.551. The van der Waals surface area contributed by atoms with Crippen LogP contribution in [0.2, 0.25) is 5.02 Å². The molecule has 1 aromatic carbocycles. The van der Waals surface area contributed by atoms with Crippen LogP contribution in [0.25, 0.3) is 0 Å². The Labute approximate surface area is 146 Å². The van der Waals surface area contributed by atoms with Crippen molar-refractivity contribution >= 4 is 23.4 Å². The van der Waals surface area contributed by atoms with Crippen molar-refractivity contribution in [3.63, 3.8) is 0 Å². The van der Waals surface area contributed by atoms with Crippen LogP contribution in [0, 0.1) is 11.7 Å². The van der Waals surface area contributed by atoms with Crippen molar-refractivity contribution in [3.8, 4) is 0 Å². The fourth-order valence-corrected chi connectivity index (χ4v) is 2.73. The lowest BCUT2D eigenvalue weighted by atomic mass is 10.1. The third kappa shape index (κ3) is 5.18. The van der Waals surface area contributed by atoms with Crippen LogP contribution in [-0.4, -0.2) is 42.4 Å². The zero-order valence-corrected chi connectivity index (χ0v) is 14.7. The molecule has 1 fully saturated rings. The molecule has 2 amide bonds. The maximum atomic E-state index is 13.6. The second-order valence-corrected chi connectivity index (χ2v) is 6.84. The standard InChI is InChI=1S/C17H23ClFN3O2/c1-11(2)9-21-16(23)8-15-17(24)20-5-6-22(15)10-12-3-4-13(18)14(19)7-12/h3-4,7,11,15H,5-6,8-10H2,1-2H3,(H,20,24)(H,21,23)/t15-/m1/s1. The molecule has 0 saturated carbocycles. The van der Waals surface area contributed by atoms with E-state index in [0.29, 0.717) is 32.1 Å². The van der Waals surface area contributed by atoms with Gasteiger partial charge in [-0.2, -0.15) is 0 Å². The maximum absolute atomic E-state index is 13.6. The summed E-state index contributed by atoms with van der Waals surface area (Å²) in [5, 5.41) is 5.68. The molecule has 2 N–H and O–H groups in total. The SMILES string of the molecule is CC(C)CNC(=O)C[C@@H]1C(=O)NCCN1Cc1ccc(Cl)c(F)c1. The van der Waals surface area contributed by atoms with Gasteiger partial charge in [-0.15, -0.1) is 0 Å². The zero-order valence-electron chi connectivity index (χ0n) is 13.9. The summed E-state index contributed by atoms with van der Waals surface area (Å²) in [5.74, 6) is -0.461. The fourth-order valence-electron chi connectivity index (χ4n) is 2.61. The molecule has 1 aliphatic heterocycles. The molecule has 5 nitrogen and oxygen atoms in total. The van der Waals surface area contributed by atoms with E-state index < -0.39 is 11.9 Å². The number of carbonyl (C=O) groups excluding carboxylic acids is 2. The van der Waals surface area contributed by atoms with Crippen LogP contribution in [0.4, 0.5) is 4.39 Å². The molecule has 0 spiro atoms. The molecule has 132 valence electrons. The maximum Gasteiger partial charge on any atom is 0.237 e. The van der Waals surface area contributed by atoms with E-state index >= 15 is 0 Å². The Hall–Kier alpha value is -1.66. The first kappa shape index (κ1) is 18.7. The Bertz CT molecular complexity index is 609. The first-order chi connectivity index (χ1) is 11.4. The second-order valence-electron chi connectivity index (χ2n) is 6.43. The van der Waals surface area contributed by atoms with E-state index in [-0.39, 0.29) is 23.3 Å². The van der Waals surface area contributed by atoms with Crippen LogP contribution in [0.5, 0.6) is 0 Å². The molecule has 1 atom stereocenters. The Morgan fingerprint density at radius 3 is 2.92 bits per heavy atom. The minimum Gasteiger partial charge on any atom is -0.356 e. The highest BCUT2D eigenvalue weighted by Crippen LogP contribution is 2.19. The molecule has 0 aromatic heterocycles. The van der Waals surface area contributed by atoms with E-state index in [1.54, 1.807) is 6.07 Å². The van der Waals surface area contributed by atoms with Gasteiger partial charge in [-0.3, -0.25) is 14.5 Å². The number of nitrogens with one attached hydrogen (secondary N) is 2. The largest absolute Gasteiger partial charge is 0.356 e. The highest BCUT2D eigenvalue weighted by molar-refractivity contribution is 6.30. The van der Waals surface area contributed by atoms with Gasteiger partial charge in [-0.25, -0.2) is 4.39 Å². The van der Waals surface area contributed by atoms with Crippen molar-refractivity contribution in [2.24, 2.45) is 5.92 Å². The first-order valence-corrected chi connectivity index (χ1v) is 8.47. The average Bonchev–Trinajstić information content (AvgIpc) is 2.52. The number of rotatable bonds is 6. The number of halogens is 2. The van der Waals surface area contributed by atoms with Crippen LogP contribution in [-0.2, 0) is 16.1 Å². The highest BCUT2D eigenvalue weighted by atomic mass is 35.5. The van der Waals surface area contributed by atoms with Gasteiger partial charge in [0.2, 0.25) is 11.8 Å². The topological polar surface area (TPSA) is 61.4 Å². The number of piperazine rings is 1. The van der Waals surface area contributed by atoms with E-state index in [1.165, 1.54) is 12.1 Å². The first-order valence-electron chi connectivity index (χ1n) is 8.09. The normalized spacial score (nSPS) is 18.5. The lowest BCUT2D eigenvalue weighted by Crippen LogP contribution is -2.56. The molecule has 1 saturated heterocycles. The molecular formula is C17H23ClFN3O2. The molecule has 1 heterocycles. The number of nitrogens with zero attached hydrogens (tertiary/aromatic N) is 1. The van der Waals surface area contributed by atoms with Gasteiger partial charge in [0, 0.05) is 26.2 Å². The van der Waals surface area contributed by atoms with Crippen LogP contribution in [0.1, 0.15) is 25.8 Å². The predicted molar refractivity (Wildman–Crippen MR) is 91.1 cm³/mol. The van der Waals surface area contributed by atoms with Gasteiger partial charge in [0.25, 0.3) is 0 Å². The van der Waals surface area contributed by atoms with E-state index in [4.69, 9.17) is 11.6 Å². The third-order valence-electron chi connectivity index (χ3n) is 3.90. The van der Waals surface area contributed by atoms with Gasteiger partial charge in [-0.1, -0.05) is 31.5 Å². The molecule has 1 aliphatic rings. The van der Waals surface area contributed by atoms with Gasteiger partial charge >= 0.3 is 0 Å². The van der Waals surface area contributed by atoms with Crippen LogP contribution < -0.4 is 10.6 Å². The molecule has 7 heteroatoms. The predicted octanol–water partition coefficient (Wildman–Crippen LogP) is 1.94. The molecule has 0 radical (unpaired) electrons. The summed E-state index contributed by atoms with van der Waals surface area (Å²) >= 11 is 5.70. The van der Waals surface area contributed by atoms with E-state index in [2.05, 4.69) is 10.6 Å². The number of hydrogen-bond acceptors (Lipinski definition) is 3. The molecule has 0 aliphatic carbocycles. The number of hydrogen-bond donors (Lipinski definition) is 2. The Kier molecular flexibility index (Phi) is 6.57. The molecule has 0 bridgehead atoms. The monoisotopic (exact) mass is 355 g/mol. The molecule has 2 rings (SSSR count). The van der Waals surface area contributed by atoms with Crippen molar-refractivity contribution < 1.29 is 14.0 Å². The van der Waals surface area contributed by atoms with E-state index in [0.717, 1.165) is 5.56 Å². The van der Waals surface area contributed by atoms with Crippen molar-refractivity contribution in [2.75, 3.05) is 19.6 Å². The van der Waals surface area contributed by atoms with Crippen molar-refractivity contribution in [2.45, 2.75) is 32.9 Å². The smallest absolute Gasteiger partial charge is 0.237 e. The number of benzene rings is 1. The Morgan fingerprint density at radius 1 is 1.50 bits per heavy atom. The summed E-state index contributed by atoms with van der Waals surface area (Å²) in [6.07, 6.45) is 0.0919. The van der Waals surface area contributed by atoms with Crippen LogP contribution in [0.15, 0.2) is 18.2 Å². The molecule has 1 aromatic rings.